The molecule has 0 saturated carbocycles. The summed E-state index contributed by atoms with van der Waals surface area (Å²) >= 11 is 0. The Bertz CT molecular complexity index is 373. The number of carbonyl (C=O) groups excluding carboxylic acids is 2. The molecule has 2 rings (SSSR count). The van der Waals surface area contributed by atoms with Crippen molar-refractivity contribution in [2.75, 3.05) is 26.2 Å². The molecule has 0 bridgehead atoms. The molecule has 2 N–H and O–H groups in total. The Hall–Kier alpha value is -1.14. The van der Waals surface area contributed by atoms with Gasteiger partial charge in [-0.25, -0.2) is 0 Å². The predicted octanol–water partition coefficient (Wildman–Crippen LogP) is -0.431. The first-order valence-electron chi connectivity index (χ1n) is 7.48. The van der Waals surface area contributed by atoms with E-state index in [-0.39, 0.29) is 37.0 Å². The number of piperazine rings is 1. The smallest absolute Gasteiger partial charge is 0.245 e. The topological polar surface area (TPSA) is 72.9 Å². The second-order valence-electron chi connectivity index (χ2n) is 6.03. The SMILES string of the molecule is CC(C)NCC(O)CN1CC(=O)N2CCCCC2C1=O. The lowest BCUT2D eigenvalue weighted by Gasteiger charge is -2.43. The number of piperidine rings is 1. The van der Waals surface area contributed by atoms with Gasteiger partial charge in [0.15, 0.2) is 0 Å². The first-order valence-corrected chi connectivity index (χ1v) is 7.48. The Labute approximate surface area is 120 Å². The molecule has 2 aliphatic rings. The maximum Gasteiger partial charge on any atom is 0.245 e. The van der Waals surface area contributed by atoms with Crippen LogP contribution in [0, 0.1) is 0 Å². The number of amides is 2. The third-order valence-electron chi connectivity index (χ3n) is 3.94. The summed E-state index contributed by atoms with van der Waals surface area (Å²) < 4.78 is 0. The molecule has 0 aromatic rings. The Kier molecular flexibility index (Phi) is 4.99. The normalized spacial score (nSPS) is 25.1. The van der Waals surface area contributed by atoms with Gasteiger partial charge in [-0.2, -0.15) is 0 Å². The monoisotopic (exact) mass is 283 g/mol. The summed E-state index contributed by atoms with van der Waals surface area (Å²) in [5, 5.41) is 13.1. The molecule has 0 aromatic carbocycles. The zero-order chi connectivity index (χ0) is 14.7. The van der Waals surface area contributed by atoms with Crippen LogP contribution in [-0.2, 0) is 9.59 Å². The largest absolute Gasteiger partial charge is 0.390 e. The Morgan fingerprint density at radius 2 is 2.10 bits per heavy atom. The van der Waals surface area contributed by atoms with Crippen LogP contribution in [0.15, 0.2) is 0 Å². The highest BCUT2D eigenvalue weighted by Gasteiger charge is 2.40. The molecule has 2 aliphatic heterocycles. The molecule has 0 aromatic heterocycles. The van der Waals surface area contributed by atoms with Crippen LogP contribution in [0.3, 0.4) is 0 Å². The fourth-order valence-electron chi connectivity index (χ4n) is 2.87. The van der Waals surface area contributed by atoms with Crippen LogP contribution in [0.5, 0.6) is 0 Å². The summed E-state index contributed by atoms with van der Waals surface area (Å²) in [4.78, 5) is 27.7. The number of fused-ring (bicyclic) bond motifs is 1. The van der Waals surface area contributed by atoms with Gasteiger partial charge in [-0.05, 0) is 19.3 Å². The van der Waals surface area contributed by atoms with E-state index in [4.69, 9.17) is 0 Å². The van der Waals surface area contributed by atoms with E-state index in [1.165, 1.54) is 4.90 Å². The van der Waals surface area contributed by atoms with Crippen LogP contribution in [-0.4, -0.2) is 71.1 Å². The van der Waals surface area contributed by atoms with E-state index in [9.17, 15) is 14.7 Å². The fourth-order valence-corrected chi connectivity index (χ4v) is 2.87. The number of nitrogens with zero attached hydrogens (tertiary/aromatic N) is 2. The van der Waals surface area contributed by atoms with Gasteiger partial charge in [0.25, 0.3) is 0 Å². The number of aliphatic hydroxyl groups is 1. The number of hydrogen-bond acceptors (Lipinski definition) is 4. The molecular formula is C14H25N3O3. The molecule has 0 aliphatic carbocycles. The minimum absolute atomic E-state index is 0.00658. The zero-order valence-corrected chi connectivity index (χ0v) is 12.3. The lowest BCUT2D eigenvalue weighted by Crippen LogP contribution is -2.62. The van der Waals surface area contributed by atoms with E-state index in [0.29, 0.717) is 13.1 Å². The third kappa shape index (κ3) is 3.49. The summed E-state index contributed by atoms with van der Waals surface area (Å²) in [5.74, 6) is 0.00576. The molecule has 2 fully saturated rings. The van der Waals surface area contributed by atoms with Crippen LogP contribution in [0.25, 0.3) is 0 Å². The van der Waals surface area contributed by atoms with Crippen LogP contribution in [0.4, 0.5) is 0 Å². The average Bonchev–Trinajstić information content (AvgIpc) is 2.42. The second kappa shape index (κ2) is 6.54. The van der Waals surface area contributed by atoms with Gasteiger partial charge in [0.2, 0.25) is 11.8 Å². The van der Waals surface area contributed by atoms with E-state index in [1.807, 2.05) is 13.8 Å². The third-order valence-corrected chi connectivity index (χ3v) is 3.94. The number of hydrogen-bond donors (Lipinski definition) is 2. The number of rotatable bonds is 5. The van der Waals surface area contributed by atoms with Gasteiger partial charge in [0.05, 0.1) is 12.6 Å². The molecule has 20 heavy (non-hydrogen) atoms. The van der Waals surface area contributed by atoms with Crippen LogP contribution < -0.4 is 5.32 Å². The second-order valence-corrected chi connectivity index (χ2v) is 6.03. The summed E-state index contributed by atoms with van der Waals surface area (Å²) in [6, 6.07) is -0.00701. The van der Waals surface area contributed by atoms with Gasteiger partial charge in [-0.3, -0.25) is 9.59 Å². The molecule has 6 nitrogen and oxygen atoms in total. The van der Waals surface area contributed by atoms with Gasteiger partial charge in [-0.15, -0.1) is 0 Å². The summed E-state index contributed by atoms with van der Waals surface area (Å²) in [6.07, 6.45) is 2.09. The van der Waals surface area contributed by atoms with E-state index in [2.05, 4.69) is 5.32 Å². The van der Waals surface area contributed by atoms with Crippen LogP contribution >= 0.6 is 0 Å². The fraction of sp³-hybridized carbons (Fsp3) is 0.857. The molecule has 2 amide bonds. The van der Waals surface area contributed by atoms with Gasteiger partial charge in [-0.1, -0.05) is 13.8 Å². The maximum absolute atomic E-state index is 12.4. The minimum Gasteiger partial charge on any atom is -0.390 e. The van der Waals surface area contributed by atoms with Crippen molar-refractivity contribution in [2.45, 2.75) is 51.3 Å². The summed E-state index contributed by atoms with van der Waals surface area (Å²) in [5.41, 5.74) is 0. The zero-order valence-electron chi connectivity index (χ0n) is 12.3. The molecule has 0 spiro atoms. The molecule has 6 heteroatoms. The van der Waals surface area contributed by atoms with Crippen molar-refractivity contribution in [3.05, 3.63) is 0 Å². The van der Waals surface area contributed by atoms with Crippen molar-refractivity contribution in [3.63, 3.8) is 0 Å². The highest BCUT2D eigenvalue weighted by atomic mass is 16.3. The Morgan fingerprint density at radius 1 is 1.35 bits per heavy atom. The molecular weight excluding hydrogens is 258 g/mol. The first-order chi connectivity index (χ1) is 9.49. The van der Waals surface area contributed by atoms with E-state index in [1.54, 1.807) is 4.90 Å². The Balaban J connectivity index is 1.91. The Morgan fingerprint density at radius 3 is 2.80 bits per heavy atom. The predicted molar refractivity (Wildman–Crippen MR) is 75.1 cm³/mol. The number of aliphatic hydroxyl groups excluding tert-OH is 1. The van der Waals surface area contributed by atoms with Crippen molar-refractivity contribution >= 4 is 11.8 Å². The van der Waals surface area contributed by atoms with Gasteiger partial charge in [0.1, 0.15) is 6.04 Å². The number of nitrogens with one attached hydrogen (secondary N) is 1. The molecule has 0 radical (unpaired) electrons. The highest BCUT2D eigenvalue weighted by molar-refractivity contribution is 5.95. The molecule has 2 saturated heterocycles. The first kappa shape index (κ1) is 15.3. The summed E-state index contributed by atoms with van der Waals surface area (Å²) in [6.45, 7) is 5.47. The molecule has 2 unspecified atom stereocenters. The molecule has 114 valence electrons. The van der Waals surface area contributed by atoms with Crippen molar-refractivity contribution in [1.29, 1.82) is 0 Å². The van der Waals surface area contributed by atoms with E-state index < -0.39 is 6.10 Å². The van der Waals surface area contributed by atoms with Crippen molar-refractivity contribution in [3.8, 4) is 0 Å². The standard InChI is InChI=1S/C14H25N3O3/c1-10(2)15-7-11(18)8-16-9-13(19)17-6-4-3-5-12(17)14(16)20/h10-12,15,18H,3-9H2,1-2H3. The summed E-state index contributed by atoms with van der Waals surface area (Å²) in [7, 11) is 0. The quantitative estimate of drug-likeness (QED) is 0.718. The maximum atomic E-state index is 12.4. The number of carbonyl (C=O) groups is 2. The highest BCUT2D eigenvalue weighted by Crippen LogP contribution is 2.23. The van der Waals surface area contributed by atoms with Crippen molar-refractivity contribution in [1.82, 2.24) is 15.1 Å². The van der Waals surface area contributed by atoms with Crippen LogP contribution in [0.1, 0.15) is 33.1 Å². The van der Waals surface area contributed by atoms with Gasteiger partial charge >= 0.3 is 0 Å². The molecule has 2 heterocycles. The van der Waals surface area contributed by atoms with Gasteiger partial charge < -0.3 is 20.2 Å². The lowest BCUT2D eigenvalue weighted by molar-refractivity contribution is -0.158. The van der Waals surface area contributed by atoms with Crippen molar-refractivity contribution in [2.24, 2.45) is 0 Å². The lowest BCUT2D eigenvalue weighted by atomic mass is 9.98. The van der Waals surface area contributed by atoms with Crippen molar-refractivity contribution < 1.29 is 14.7 Å². The minimum atomic E-state index is -0.635. The van der Waals surface area contributed by atoms with Crippen LogP contribution in [0.2, 0.25) is 0 Å². The number of β-amino-alcohol motifs (C(OH)–C–C–N with tert-alkyl or cyclic N) is 1. The molecule has 2 atom stereocenters. The van der Waals surface area contributed by atoms with Gasteiger partial charge in [0, 0.05) is 25.7 Å². The van der Waals surface area contributed by atoms with E-state index >= 15 is 0 Å². The average molecular weight is 283 g/mol. The van der Waals surface area contributed by atoms with E-state index in [0.717, 1.165) is 19.3 Å².